The van der Waals surface area contributed by atoms with Crippen LogP contribution in [0.2, 0.25) is 0 Å². The first-order chi connectivity index (χ1) is 16.1. The number of hydrogen-bond acceptors (Lipinski definition) is 6. The first-order valence-corrected chi connectivity index (χ1v) is 10.7. The molecule has 9 heteroatoms. The van der Waals surface area contributed by atoms with Crippen molar-refractivity contribution >= 4 is 23.2 Å². The monoisotopic (exact) mass is 447 g/mol. The third-order valence-corrected chi connectivity index (χ3v) is 5.15. The molecule has 4 rings (SSSR count). The number of nitrogens with one attached hydrogen (secondary N) is 2. The molecule has 2 aromatic carbocycles. The summed E-state index contributed by atoms with van der Waals surface area (Å²) in [6.45, 7) is 2.95. The van der Waals surface area contributed by atoms with Crippen LogP contribution in [0.25, 0.3) is 0 Å². The van der Waals surface area contributed by atoms with Crippen LogP contribution in [0.15, 0.2) is 60.1 Å². The Morgan fingerprint density at radius 1 is 1.18 bits per heavy atom. The summed E-state index contributed by atoms with van der Waals surface area (Å²) >= 11 is 0. The number of amides is 2. The number of ether oxygens (including phenoxy) is 2. The van der Waals surface area contributed by atoms with E-state index in [1.807, 2.05) is 25.1 Å². The van der Waals surface area contributed by atoms with Crippen LogP contribution in [0, 0.1) is 0 Å². The van der Waals surface area contributed by atoms with Crippen LogP contribution in [-0.2, 0) is 0 Å². The number of carbonyl (C=O) groups excluding carboxylic acids is 2. The molecule has 0 unspecified atom stereocenters. The Morgan fingerprint density at radius 3 is 2.82 bits per heavy atom. The van der Waals surface area contributed by atoms with Crippen LogP contribution in [-0.4, -0.2) is 52.8 Å². The van der Waals surface area contributed by atoms with E-state index in [0.29, 0.717) is 35.9 Å². The summed E-state index contributed by atoms with van der Waals surface area (Å²) in [6.07, 6.45) is 4.48. The van der Waals surface area contributed by atoms with Gasteiger partial charge in [-0.2, -0.15) is 5.10 Å². The molecule has 170 valence electrons. The van der Waals surface area contributed by atoms with Crippen molar-refractivity contribution in [3.8, 4) is 11.5 Å². The molecule has 0 spiro atoms. The smallest absolute Gasteiger partial charge is 0.275 e. The Labute approximate surface area is 191 Å². The highest BCUT2D eigenvalue weighted by atomic mass is 16.5. The molecule has 0 bridgehead atoms. The molecule has 1 aromatic heterocycles. The second-order valence-electron chi connectivity index (χ2n) is 7.37. The zero-order valence-electron chi connectivity index (χ0n) is 18.5. The molecule has 2 heterocycles. The lowest BCUT2D eigenvalue weighted by atomic mass is 10.0. The van der Waals surface area contributed by atoms with E-state index < -0.39 is 0 Å². The van der Waals surface area contributed by atoms with Crippen LogP contribution in [0.5, 0.6) is 11.5 Å². The maximum atomic E-state index is 13.2. The van der Waals surface area contributed by atoms with Gasteiger partial charge in [0.1, 0.15) is 5.69 Å². The summed E-state index contributed by atoms with van der Waals surface area (Å²) < 4.78 is 11.0. The summed E-state index contributed by atoms with van der Waals surface area (Å²) in [4.78, 5) is 32.1. The van der Waals surface area contributed by atoms with Gasteiger partial charge in [0, 0.05) is 29.6 Å². The fourth-order valence-corrected chi connectivity index (χ4v) is 3.57. The van der Waals surface area contributed by atoms with Gasteiger partial charge in [0.25, 0.3) is 11.8 Å². The fraction of sp³-hybridized carbons (Fsp3) is 0.250. The molecule has 0 saturated heterocycles. The number of aromatic amines is 1. The Balaban J connectivity index is 1.53. The number of hydrogen-bond donors (Lipinski definition) is 2. The van der Waals surface area contributed by atoms with Gasteiger partial charge in [-0.15, -0.1) is 0 Å². The van der Waals surface area contributed by atoms with Crippen molar-refractivity contribution in [1.29, 1.82) is 0 Å². The summed E-state index contributed by atoms with van der Waals surface area (Å²) in [5.41, 5.74) is 2.90. The fourth-order valence-electron chi connectivity index (χ4n) is 3.57. The number of hydrazone groups is 1. The first kappa shape index (κ1) is 22.1. The van der Waals surface area contributed by atoms with Crippen molar-refractivity contribution in [2.24, 2.45) is 5.10 Å². The number of benzene rings is 2. The molecule has 0 fully saturated rings. The number of H-pyrrole nitrogens is 1. The van der Waals surface area contributed by atoms with Crippen LogP contribution < -0.4 is 14.8 Å². The largest absolute Gasteiger partial charge is 0.493 e. The van der Waals surface area contributed by atoms with Crippen LogP contribution in [0.1, 0.15) is 46.2 Å². The molecule has 0 saturated carbocycles. The van der Waals surface area contributed by atoms with Crippen molar-refractivity contribution in [1.82, 2.24) is 15.0 Å². The van der Waals surface area contributed by atoms with Crippen LogP contribution >= 0.6 is 0 Å². The van der Waals surface area contributed by atoms with E-state index in [1.54, 1.807) is 31.4 Å². The van der Waals surface area contributed by atoms with Gasteiger partial charge in [0.15, 0.2) is 11.5 Å². The summed E-state index contributed by atoms with van der Waals surface area (Å²) in [7, 11) is 1.60. The number of anilines is 1. The maximum absolute atomic E-state index is 13.2. The maximum Gasteiger partial charge on any atom is 0.275 e. The summed E-state index contributed by atoms with van der Waals surface area (Å²) in [5, 5.41) is 8.84. The average Bonchev–Trinajstić information content (AvgIpc) is 3.39. The lowest BCUT2D eigenvalue weighted by Crippen LogP contribution is -2.32. The van der Waals surface area contributed by atoms with Gasteiger partial charge in [-0.05, 0) is 56.2 Å². The standard InChI is InChI=1S/C24H25N5O4/c1-3-33-22-13-16(9-10-21(22)32-2)19-8-5-11-29(28-19)24(31)17-6-4-7-18(12-17)27-23(30)20-14-25-15-26-20/h4,6-7,9-10,12-15H,3,5,8,11H2,1-2H3,(H,25,26)(H,27,30). The third kappa shape index (κ3) is 5.03. The van der Waals surface area contributed by atoms with Crippen LogP contribution in [0.4, 0.5) is 5.69 Å². The Morgan fingerprint density at radius 2 is 2.06 bits per heavy atom. The molecule has 0 aliphatic carbocycles. The van der Waals surface area contributed by atoms with E-state index in [1.165, 1.54) is 17.5 Å². The lowest BCUT2D eigenvalue weighted by molar-refractivity contribution is 0.0751. The van der Waals surface area contributed by atoms with Gasteiger partial charge < -0.3 is 19.8 Å². The van der Waals surface area contributed by atoms with Crippen molar-refractivity contribution in [2.75, 3.05) is 25.6 Å². The molecule has 9 nitrogen and oxygen atoms in total. The highest BCUT2D eigenvalue weighted by Crippen LogP contribution is 2.29. The van der Waals surface area contributed by atoms with Crippen molar-refractivity contribution < 1.29 is 19.1 Å². The van der Waals surface area contributed by atoms with Gasteiger partial charge in [-0.1, -0.05) is 6.07 Å². The molecule has 1 aliphatic heterocycles. The van der Waals surface area contributed by atoms with E-state index in [2.05, 4.69) is 20.4 Å². The third-order valence-electron chi connectivity index (χ3n) is 5.15. The average molecular weight is 447 g/mol. The predicted molar refractivity (Wildman–Crippen MR) is 124 cm³/mol. The van der Waals surface area contributed by atoms with E-state index in [-0.39, 0.29) is 17.5 Å². The molecule has 1 aliphatic rings. The predicted octanol–water partition coefficient (Wildman–Crippen LogP) is 3.71. The van der Waals surface area contributed by atoms with Crippen molar-refractivity contribution in [3.05, 3.63) is 71.8 Å². The second-order valence-corrected chi connectivity index (χ2v) is 7.37. The number of imidazole rings is 1. The molecule has 33 heavy (non-hydrogen) atoms. The SMILES string of the molecule is CCOc1cc(C2=NN(C(=O)c3cccc(NC(=O)c4c[nH]cn4)c3)CCC2)ccc1OC. The minimum absolute atomic E-state index is 0.235. The molecule has 2 N–H and O–H groups in total. The molecule has 2 amide bonds. The summed E-state index contributed by atoms with van der Waals surface area (Å²) in [5.74, 6) is 0.702. The molecular weight excluding hydrogens is 422 g/mol. The van der Waals surface area contributed by atoms with Crippen molar-refractivity contribution in [2.45, 2.75) is 19.8 Å². The molecule has 0 radical (unpaired) electrons. The number of aromatic nitrogens is 2. The van der Waals surface area contributed by atoms with E-state index in [4.69, 9.17) is 9.47 Å². The minimum atomic E-state index is -0.358. The van der Waals surface area contributed by atoms with Gasteiger partial charge in [-0.3, -0.25) is 9.59 Å². The Hall–Kier alpha value is -4.14. The van der Waals surface area contributed by atoms with Crippen LogP contribution in [0.3, 0.4) is 0 Å². The number of rotatable bonds is 7. The quantitative estimate of drug-likeness (QED) is 0.574. The van der Waals surface area contributed by atoms with E-state index in [9.17, 15) is 9.59 Å². The summed E-state index contributed by atoms with van der Waals surface area (Å²) in [6, 6.07) is 12.4. The number of carbonyl (C=O) groups is 2. The van der Waals surface area contributed by atoms with Gasteiger partial charge in [0.2, 0.25) is 0 Å². The van der Waals surface area contributed by atoms with Gasteiger partial charge >= 0.3 is 0 Å². The second kappa shape index (κ2) is 9.99. The van der Waals surface area contributed by atoms with Gasteiger partial charge in [-0.25, -0.2) is 9.99 Å². The van der Waals surface area contributed by atoms with E-state index >= 15 is 0 Å². The normalized spacial score (nSPS) is 13.3. The highest BCUT2D eigenvalue weighted by Gasteiger charge is 2.22. The van der Waals surface area contributed by atoms with Crippen molar-refractivity contribution in [3.63, 3.8) is 0 Å². The Bertz CT molecular complexity index is 1170. The zero-order valence-corrected chi connectivity index (χ0v) is 18.5. The first-order valence-electron chi connectivity index (χ1n) is 10.7. The number of methoxy groups -OCH3 is 1. The zero-order chi connectivity index (χ0) is 23.2. The number of nitrogens with zero attached hydrogens (tertiary/aromatic N) is 3. The van der Waals surface area contributed by atoms with Gasteiger partial charge in [0.05, 0.1) is 25.8 Å². The molecule has 0 atom stereocenters. The minimum Gasteiger partial charge on any atom is -0.493 e. The lowest BCUT2D eigenvalue weighted by Gasteiger charge is -2.24. The topological polar surface area (TPSA) is 109 Å². The highest BCUT2D eigenvalue weighted by molar-refractivity contribution is 6.05. The van der Waals surface area contributed by atoms with E-state index in [0.717, 1.165) is 24.1 Å². The Kier molecular flexibility index (Phi) is 6.68. The molecule has 3 aromatic rings. The molecular formula is C24H25N5O4.